The summed E-state index contributed by atoms with van der Waals surface area (Å²) in [6.07, 6.45) is 1.85. The van der Waals surface area contributed by atoms with E-state index in [2.05, 4.69) is 27.9 Å². The molecule has 1 aromatic carbocycles. The summed E-state index contributed by atoms with van der Waals surface area (Å²) in [5, 5.41) is 0.716. The van der Waals surface area contributed by atoms with Gasteiger partial charge in [0.15, 0.2) is 0 Å². The van der Waals surface area contributed by atoms with E-state index in [9.17, 15) is 0 Å². The molecule has 0 radical (unpaired) electrons. The highest BCUT2D eigenvalue weighted by atomic mass is 79.9. The average molecular weight is 304 g/mol. The van der Waals surface area contributed by atoms with Gasteiger partial charge in [0, 0.05) is 15.5 Å². The van der Waals surface area contributed by atoms with E-state index in [-0.39, 0.29) is 6.04 Å². The molecular weight excluding hydrogens is 288 g/mol. The van der Waals surface area contributed by atoms with Crippen LogP contribution in [0.15, 0.2) is 34.8 Å². The maximum absolute atomic E-state index is 5.97. The topological polar surface area (TPSA) is 38.0 Å². The molecule has 0 saturated carbocycles. The number of halogens is 2. The van der Waals surface area contributed by atoms with Crippen LogP contribution < -0.4 is 11.3 Å². The monoisotopic (exact) mass is 302 g/mol. The molecule has 3 N–H and O–H groups in total. The lowest BCUT2D eigenvalue weighted by molar-refractivity contribution is 0.514. The van der Waals surface area contributed by atoms with E-state index in [1.165, 1.54) is 0 Å². The van der Waals surface area contributed by atoms with Gasteiger partial charge < -0.3 is 0 Å². The molecule has 1 aromatic rings. The van der Waals surface area contributed by atoms with Crippen LogP contribution in [-0.4, -0.2) is 0 Å². The van der Waals surface area contributed by atoms with Gasteiger partial charge in [-0.15, -0.1) is 6.58 Å². The fraction of sp³-hybridized carbons (Fsp3) is 0.333. The van der Waals surface area contributed by atoms with Crippen molar-refractivity contribution in [2.24, 2.45) is 5.84 Å². The van der Waals surface area contributed by atoms with Crippen LogP contribution in [0.1, 0.15) is 31.4 Å². The van der Waals surface area contributed by atoms with Crippen LogP contribution >= 0.6 is 27.5 Å². The Hall–Kier alpha value is -0.350. The van der Waals surface area contributed by atoms with Gasteiger partial charge in [-0.25, -0.2) is 0 Å². The molecular formula is C12H16BrClN2. The zero-order valence-corrected chi connectivity index (χ0v) is 11.6. The van der Waals surface area contributed by atoms with Gasteiger partial charge in [0.25, 0.3) is 0 Å². The zero-order valence-electron chi connectivity index (χ0n) is 9.26. The molecule has 0 aliphatic heterocycles. The van der Waals surface area contributed by atoms with Gasteiger partial charge in [-0.1, -0.05) is 33.1 Å². The predicted octanol–water partition coefficient (Wildman–Crippen LogP) is 3.96. The average Bonchev–Trinajstić information content (AvgIpc) is 2.23. The molecule has 1 rings (SSSR count). The number of hydrogen-bond acceptors (Lipinski definition) is 2. The lowest BCUT2D eigenvalue weighted by Crippen LogP contribution is -2.28. The lowest BCUT2D eigenvalue weighted by atomic mass is 10.0. The van der Waals surface area contributed by atoms with Gasteiger partial charge in [-0.2, -0.15) is 0 Å². The van der Waals surface area contributed by atoms with Crippen molar-refractivity contribution in [2.75, 3.05) is 0 Å². The fourth-order valence-corrected chi connectivity index (χ4v) is 2.20. The summed E-state index contributed by atoms with van der Waals surface area (Å²) >= 11 is 9.48. The van der Waals surface area contributed by atoms with Crippen LogP contribution in [0, 0.1) is 0 Å². The number of nitrogens with two attached hydrogens (primary N) is 1. The zero-order chi connectivity index (χ0) is 12.1. The molecule has 0 aliphatic rings. The van der Waals surface area contributed by atoms with Crippen LogP contribution in [-0.2, 0) is 0 Å². The van der Waals surface area contributed by atoms with Gasteiger partial charge in [0.1, 0.15) is 0 Å². The van der Waals surface area contributed by atoms with Crippen molar-refractivity contribution >= 4 is 27.5 Å². The SMILES string of the molecule is C=C(C)CCC(NN)c1cc(Cl)ccc1Br. The van der Waals surface area contributed by atoms with Gasteiger partial charge >= 0.3 is 0 Å². The van der Waals surface area contributed by atoms with Crippen LogP contribution in [0.3, 0.4) is 0 Å². The van der Waals surface area contributed by atoms with Crippen molar-refractivity contribution in [2.45, 2.75) is 25.8 Å². The Morgan fingerprint density at radius 1 is 1.62 bits per heavy atom. The van der Waals surface area contributed by atoms with Crippen LogP contribution in [0.2, 0.25) is 5.02 Å². The number of hydrogen-bond donors (Lipinski definition) is 2. The van der Waals surface area contributed by atoms with Gasteiger partial charge in [-0.3, -0.25) is 11.3 Å². The molecule has 1 atom stereocenters. The third kappa shape index (κ3) is 3.91. The minimum absolute atomic E-state index is 0.0878. The summed E-state index contributed by atoms with van der Waals surface area (Å²) in [4.78, 5) is 0. The van der Waals surface area contributed by atoms with E-state index in [1.807, 2.05) is 25.1 Å². The first kappa shape index (κ1) is 13.7. The maximum atomic E-state index is 5.97. The van der Waals surface area contributed by atoms with E-state index in [0.717, 1.165) is 28.5 Å². The van der Waals surface area contributed by atoms with E-state index in [0.29, 0.717) is 5.02 Å². The second-order valence-corrected chi connectivity index (χ2v) is 5.17. The molecule has 0 spiro atoms. The Morgan fingerprint density at radius 2 is 2.31 bits per heavy atom. The second-order valence-electron chi connectivity index (χ2n) is 3.88. The van der Waals surface area contributed by atoms with Crippen LogP contribution in [0.5, 0.6) is 0 Å². The maximum Gasteiger partial charge on any atom is 0.0474 e. The van der Waals surface area contributed by atoms with Crippen LogP contribution in [0.4, 0.5) is 0 Å². The molecule has 88 valence electrons. The second kappa shape index (κ2) is 6.40. The first-order valence-electron chi connectivity index (χ1n) is 5.10. The molecule has 0 saturated heterocycles. The highest BCUT2D eigenvalue weighted by molar-refractivity contribution is 9.10. The third-order valence-electron chi connectivity index (χ3n) is 2.39. The summed E-state index contributed by atoms with van der Waals surface area (Å²) < 4.78 is 1.02. The quantitative estimate of drug-likeness (QED) is 0.491. The van der Waals surface area contributed by atoms with Gasteiger partial charge in [0.2, 0.25) is 0 Å². The van der Waals surface area contributed by atoms with Crippen molar-refractivity contribution in [1.82, 2.24) is 5.43 Å². The smallest absolute Gasteiger partial charge is 0.0474 e. The molecule has 0 heterocycles. The van der Waals surface area contributed by atoms with Crippen molar-refractivity contribution in [3.05, 3.63) is 45.4 Å². The predicted molar refractivity (Wildman–Crippen MR) is 73.3 cm³/mol. The number of nitrogens with one attached hydrogen (secondary N) is 1. The normalized spacial score (nSPS) is 12.5. The number of hydrazine groups is 1. The van der Waals surface area contributed by atoms with Crippen molar-refractivity contribution < 1.29 is 0 Å². The van der Waals surface area contributed by atoms with E-state index < -0.39 is 0 Å². The summed E-state index contributed by atoms with van der Waals surface area (Å²) in [6.45, 7) is 5.90. The van der Waals surface area contributed by atoms with E-state index >= 15 is 0 Å². The minimum Gasteiger partial charge on any atom is -0.271 e. The fourth-order valence-electron chi connectivity index (χ4n) is 1.50. The Morgan fingerprint density at radius 3 is 2.88 bits per heavy atom. The van der Waals surface area contributed by atoms with Gasteiger partial charge in [0.05, 0.1) is 0 Å². The first-order valence-corrected chi connectivity index (χ1v) is 6.27. The highest BCUT2D eigenvalue weighted by Crippen LogP contribution is 2.29. The first-order chi connectivity index (χ1) is 7.54. The largest absolute Gasteiger partial charge is 0.271 e. The highest BCUT2D eigenvalue weighted by Gasteiger charge is 2.13. The summed E-state index contributed by atoms with van der Waals surface area (Å²) in [7, 11) is 0. The van der Waals surface area contributed by atoms with Crippen LogP contribution in [0.25, 0.3) is 0 Å². The molecule has 0 aromatic heterocycles. The van der Waals surface area contributed by atoms with E-state index in [4.69, 9.17) is 17.4 Å². The molecule has 1 unspecified atom stereocenters. The van der Waals surface area contributed by atoms with Crippen molar-refractivity contribution in [1.29, 1.82) is 0 Å². The Balaban J connectivity index is 2.85. The molecule has 16 heavy (non-hydrogen) atoms. The Bertz CT molecular complexity index is 379. The Kier molecular flexibility index (Phi) is 5.49. The molecule has 0 amide bonds. The molecule has 2 nitrogen and oxygen atoms in total. The number of allylic oxidation sites excluding steroid dienone is 1. The van der Waals surface area contributed by atoms with Gasteiger partial charge in [-0.05, 0) is 43.5 Å². The summed E-state index contributed by atoms with van der Waals surface area (Å²) in [5.41, 5.74) is 5.04. The summed E-state index contributed by atoms with van der Waals surface area (Å²) in [5.74, 6) is 5.57. The number of rotatable bonds is 5. The number of benzene rings is 1. The van der Waals surface area contributed by atoms with Crippen molar-refractivity contribution in [3.8, 4) is 0 Å². The minimum atomic E-state index is 0.0878. The Labute approximate surface area is 110 Å². The third-order valence-corrected chi connectivity index (χ3v) is 3.35. The molecule has 0 aliphatic carbocycles. The summed E-state index contributed by atoms with van der Waals surface area (Å²) in [6, 6.07) is 5.79. The van der Waals surface area contributed by atoms with Crippen molar-refractivity contribution in [3.63, 3.8) is 0 Å². The molecule has 4 heteroatoms. The molecule has 0 fully saturated rings. The van der Waals surface area contributed by atoms with E-state index in [1.54, 1.807) is 0 Å². The molecule has 0 bridgehead atoms. The lowest BCUT2D eigenvalue weighted by Gasteiger charge is -2.18. The standard InChI is InChI=1S/C12H16BrClN2/c1-8(2)3-6-12(16-15)10-7-9(14)4-5-11(10)13/h4-5,7,12,16H,1,3,6,15H2,2H3.